The minimum Gasteiger partial charge on any atom is -0.480 e. The highest BCUT2D eigenvalue weighted by Gasteiger charge is 2.36. The lowest BCUT2D eigenvalue weighted by atomic mass is 9.85. The Labute approximate surface area is 160 Å². The summed E-state index contributed by atoms with van der Waals surface area (Å²) in [5.74, 6) is 0.00699. The molecule has 6 heteroatoms. The van der Waals surface area contributed by atoms with E-state index in [-0.39, 0.29) is 6.54 Å². The number of aromatic amines is 1. The third-order valence-corrected chi connectivity index (χ3v) is 5.80. The zero-order chi connectivity index (χ0) is 18.8. The van der Waals surface area contributed by atoms with E-state index in [1.807, 2.05) is 6.20 Å². The minimum atomic E-state index is -0.715. The second kappa shape index (κ2) is 7.82. The molecular formula is C21H28N4O2. The van der Waals surface area contributed by atoms with Gasteiger partial charge < -0.3 is 10.4 Å². The van der Waals surface area contributed by atoms with Gasteiger partial charge in [0.1, 0.15) is 0 Å². The first-order chi connectivity index (χ1) is 13.1. The average molecular weight is 368 g/mol. The lowest BCUT2D eigenvalue weighted by Crippen LogP contribution is -2.54. The molecule has 0 bridgehead atoms. The van der Waals surface area contributed by atoms with Crippen LogP contribution in [0.5, 0.6) is 0 Å². The molecule has 0 aliphatic heterocycles. The number of carboxylic acids is 1. The van der Waals surface area contributed by atoms with Gasteiger partial charge in [0.05, 0.1) is 18.4 Å². The van der Waals surface area contributed by atoms with Gasteiger partial charge in [0, 0.05) is 30.7 Å². The van der Waals surface area contributed by atoms with Gasteiger partial charge in [-0.3, -0.25) is 14.8 Å². The largest absolute Gasteiger partial charge is 0.480 e. The Morgan fingerprint density at radius 2 is 2.04 bits per heavy atom. The van der Waals surface area contributed by atoms with Crippen LogP contribution in [0.2, 0.25) is 0 Å². The van der Waals surface area contributed by atoms with Crippen molar-refractivity contribution < 1.29 is 9.90 Å². The van der Waals surface area contributed by atoms with Crippen molar-refractivity contribution >= 4 is 5.97 Å². The fraction of sp³-hybridized carbons (Fsp3) is 0.524. The first kappa shape index (κ1) is 18.2. The number of carboxylic acid groups (broad SMARTS) is 1. The molecule has 0 unspecified atom stereocenters. The Hall–Kier alpha value is -2.18. The number of aryl methyl sites for hydroxylation is 1. The molecule has 1 heterocycles. The van der Waals surface area contributed by atoms with Gasteiger partial charge in [-0.1, -0.05) is 29.8 Å². The van der Waals surface area contributed by atoms with E-state index in [2.05, 4.69) is 51.6 Å². The predicted molar refractivity (Wildman–Crippen MR) is 104 cm³/mol. The van der Waals surface area contributed by atoms with Crippen LogP contribution in [0.4, 0.5) is 0 Å². The van der Waals surface area contributed by atoms with Crippen LogP contribution >= 0.6 is 0 Å². The van der Waals surface area contributed by atoms with E-state index in [4.69, 9.17) is 5.11 Å². The smallest absolute Gasteiger partial charge is 0.317 e. The number of hydrogen-bond acceptors (Lipinski definition) is 4. The van der Waals surface area contributed by atoms with Crippen molar-refractivity contribution in [1.29, 1.82) is 0 Å². The Morgan fingerprint density at radius 1 is 1.30 bits per heavy atom. The van der Waals surface area contributed by atoms with Crippen molar-refractivity contribution in [2.24, 2.45) is 5.92 Å². The fourth-order valence-corrected chi connectivity index (χ4v) is 3.87. The lowest BCUT2D eigenvalue weighted by Gasteiger charge is -2.43. The Bertz CT molecular complexity index is 776. The van der Waals surface area contributed by atoms with Crippen molar-refractivity contribution in [3.8, 4) is 11.3 Å². The second-order valence-corrected chi connectivity index (χ2v) is 8.11. The maximum Gasteiger partial charge on any atom is 0.317 e. The van der Waals surface area contributed by atoms with Crippen molar-refractivity contribution in [1.82, 2.24) is 20.4 Å². The fourth-order valence-electron chi connectivity index (χ4n) is 3.87. The summed E-state index contributed by atoms with van der Waals surface area (Å²) >= 11 is 0. The highest BCUT2D eigenvalue weighted by atomic mass is 16.4. The molecule has 3 N–H and O–H groups in total. The molecule has 0 atom stereocenters. The van der Waals surface area contributed by atoms with Gasteiger partial charge in [-0.2, -0.15) is 5.10 Å². The molecule has 2 saturated carbocycles. The number of nitrogens with zero attached hydrogens (tertiary/aromatic N) is 2. The molecule has 0 spiro atoms. The summed E-state index contributed by atoms with van der Waals surface area (Å²) in [7, 11) is 0. The van der Waals surface area contributed by atoms with Crippen LogP contribution < -0.4 is 5.32 Å². The van der Waals surface area contributed by atoms with E-state index in [1.54, 1.807) is 0 Å². The summed E-state index contributed by atoms with van der Waals surface area (Å²) in [4.78, 5) is 13.3. The number of H-pyrrole nitrogens is 1. The third-order valence-electron chi connectivity index (χ3n) is 5.80. The first-order valence-corrected chi connectivity index (χ1v) is 9.87. The summed E-state index contributed by atoms with van der Waals surface area (Å²) in [6.07, 6.45) is 6.46. The number of nitrogens with one attached hydrogen (secondary N) is 2. The van der Waals surface area contributed by atoms with Crippen LogP contribution in [0.3, 0.4) is 0 Å². The Morgan fingerprint density at radius 3 is 2.70 bits per heavy atom. The van der Waals surface area contributed by atoms with Crippen LogP contribution in [0, 0.1) is 12.8 Å². The van der Waals surface area contributed by atoms with E-state index >= 15 is 0 Å². The molecule has 6 nitrogen and oxygen atoms in total. The molecule has 2 aromatic rings. The minimum absolute atomic E-state index is 0.174. The van der Waals surface area contributed by atoms with E-state index in [0.29, 0.717) is 12.1 Å². The molecular weight excluding hydrogens is 340 g/mol. The van der Waals surface area contributed by atoms with Gasteiger partial charge in [0.25, 0.3) is 0 Å². The van der Waals surface area contributed by atoms with Gasteiger partial charge in [-0.25, -0.2) is 0 Å². The van der Waals surface area contributed by atoms with Crippen LogP contribution in [-0.4, -0.2) is 51.3 Å². The molecule has 2 aliphatic rings. The van der Waals surface area contributed by atoms with Crippen LogP contribution in [0.15, 0.2) is 30.5 Å². The van der Waals surface area contributed by atoms with Gasteiger partial charge in [-0.15, -0.1) is 0 Å². The molecule has 144 valence electrons. The number of aliphatic carboxylic acids is 1. The van der Waals surface area contributed by atoms with Crippen LogP contribution in [-0.2, 0) is 11.3 Å². The SMILES string of the molecule is Cc1ccc(-c2[nH]ncc2CNC2CC(N(CC(=O)O)CC3CC3)C2)cc1. The molecule has 2 fully saturated rings. The Kier molecular flexibility index (Phi) is 5.27. The number of hydrogen-bond donors (Lipinski definition) is 3. The summed E-state index contributed by atoms with van der Waals surface area (Å²) in [6, 6.07) is 9.31. The van der Waals surface area contributed by atoms with Gasteiger partial charge in [-0.05, 0) is 44.1 Å². The molecule has 27 heavy (non-hydrogen) atoms. The summed E-state index contributed by atoms with van der Waals surface area (Å²) in [6.45, 7) is 3.98. The van der Waals surface area contributed by atoms with Crippen LogP contribution in [0.1, 0.15) is 36.8 Å². The van der Waals surface area contributed by atoms with Gasteiger partial charge in [0.2, 0.25) is 0 Å². The number of benzene rings is 1. The van der Waals surface area contributed by atoms with Crippen molar-refractivity contribution in [2.45, 2.75) is 51.2 Å². The normalized spacial score (nSPS) is 22.0. The number of aromatic nitrogens is 2. The van der Waals surface area contributed by atoms with E-state index in [9.17, 15) is 4.79 Å². The molecule has 1 aromatic carbocycles. The standard InChI is InChI=1S/C21H28N4O2/c1-14-2-6-16(7-3-14)21-17(11-23-24-21)10-22-18-8-19(9-18)25(13-20(26)27)12-15-4-5-15/h2-3,6-7,11,15,18-19,22H,4-5,8-10,12-13H2,1H3,(H,23,24)(H,26,27). The monoisotopic (exact) mass is 368 g/mol. The quantitative estimate of drug-likeness (QED) is 0.634. The van der Waals surface area contributed by atoms with E-state index < -0.39 is 5.97 Å². The average Bonchev–Trinajstić information content (AvgIpc) is 3.28. The van der Waals surface area contributed by atoms with Gasteiger partial charge >= 0.3 is 5.97 Å². The maximum absolute atomic E-state index is 11.1. The van der Waals surface area contributed by atoms with Crippen molar-refractivity contribution in [3.63, 3.8) is 0 Å². The zero-order valence-electron chi connectivity index (χ0n) is 15.8. The van der Waals surface area contributed by atoms with E-state index in [0.717, 1.165) is 43.1 Å². The summed E-state index contributed by atoms with van der Waals surface area (Å²) in [5, 5.41) is 20.1. The molecule has 4 rings (SSSR count). The number of carbonyl (C=O) groups is 1. The summed E-state index contributed by atoms with van der Waals surface area (Å²) in [5.41, 5.74) is 4.64. The van der Waals surface area contributed by atoms with Crippen molar-refractivity contribution in [2.75, 3.05) is 13.1 Å². The number of rotatable bonds is 9. The van der Waals surface area contributed by atoms with Crippen molar-refractivity contribution in [3.05, 3.63) is 41.6 Å². The maximum atomic E-state index is 11.1. The Balaban J connectivity index is 1.29. The molecule has 2 aliphatic carbocycles. The summed E-state index contributed by atoms with van der Waals surface area (Å²) < 4.78 is 0. The molecule has 0 saturated heterocycles. The zero-order valence-corrected chi connectivity index (χ0v) is 15.8. The second-order valence-electron chi connectivity index (χ2n) is 8.11. The topological polar surface area (TPSA) is 81.2 Å². The van der Waals surface area contributed by atoms with E-state index in [1.165, 1.54) is 24.0 Å². The predicted octanol–water partition coefficient (Wildman–Crippen LogP) is 2.80. The highest BCUT2D eigenvalue weighted by molar-refractivity contribution is 5.69. The molecule has 1 aromatic heterocycles. The first-order valence-electron chi connectivity index (χ1n) is 9.87. The van der Waals surface area contributed by atoms with Gasteiger partial charge in [0.15, 0.2) is 0 Å². The molecule has 0 amide bonds. The van der Waals surface area contributed by atoms with Crippen LogP contribution in [0.25, 0.3) is 11.3 Å². The third kappa shape index (κ3) is 4.57. The molecule has 0 radical (unpaired) electrons. The lowest BCUT2D eigenvalue weighted by molar-refractivity contribution is -0.139. The highest BCUT2D eigenvalue weighted by Crippen LogP contribution is 2.34.